The van der Waals surface area contributed by atoms with E-state index in [2.05, 4.69) is 24.3 Å². The van der Waals surface area contributed by atoms with E-state index in [-0.39, 0.29) is 11.9 Å². The summed E-state index contributed by atoms with van der Waals surface area (Å²) in [5.41, 5.74) is 2.20. The Bertz CT molecular complexity index is 851. The normalized spacial score (nSPS) is 12.7. The van der Waals surface area contributed by atoms with E-state index in [0.717, 1.165) is 21.6 Å². The van der Waals surface area contributed by atoms with E-state index < -0.39 is 0 Å². The van der Waals surface area contributed by atoms with Gasteiger partial charge in [0.05, 0.1) is 27.7 Å². The number of carbonyl (C=O) groups is 1. The zero-order valence-corrected chi connectivity index (χ0v) is 15.2. The van der Waals surface area contributed by atoms with E-state index in [1.165, 1.54) is 0 Å². The molecule has 0 fully saturated rings. The molecule has 3 heterocycles. The van der Waals surface area contributed by atoms with Crippen molar-refractivity contribution in [2.75, 3.05) is 0 Å². The first-order valence-electron chi connectivity index (χ1n) is 8.22. The number of hydrogen-bond acceptors (Lipinski definition) is 4. The number of rotatable bonds is 5. The molecule has 3 aromatic heterocycles. The first-order chi connectivity index (χ1) is 11.5. The smallest absolute Gasteiger partial charge is 0.252 e. The molecule has 3 rings (SSSR count). The van der Waals surface area contributed by atoms with E-state index >= 15 is 0 Å². The van der Waals surface area contributed by atoms with Gasteiger partial charge in [0, 0.05) is 12.6 Å². The van der Waals surface area contributed by atoms with Crippen LogP contribution in [0, 0.1) is 5.92 Å². The minimum atomic E-state index is -0.0722. The monoisotopic (exact) mass is 342 g/mol. The third kappa shape index (κ3) is 3.06. The Morgan fingerprint density at radius 2 is 2.17 bits per heavy atom. The fourth-order valence-electron chi connectivity index (χ4n) is 2.47. The highest BCUT2D eigenvalue weighted by Gasteiger charge is 2.19. The van der Waals surface area contributed by atoms with Crippen molar-refractivity contribution in [3.8, 4) is 10.6 Å². The largest absolute Gasteiger partial charge is 0.349 e. The Kier molecular flexibility index (Phi) is 4.66. The van der Waals surface area contributed by atoms with Crippen LogP contribution in [0.4, 0.5) is 0 Å². The van der Waals surface area contributed by atoms with E-state index in [0.29, 0.717) is 18.0 Å². The number of carbonyl (C=O) groups excluding carboxylic acids is 1. The molecule has 6 heteroatoms. The molecule has 1 atom stereocenters. The number of pyridine rings is 1. The summed E-state index contributed by atoms with van der Waals surface area (Å²) in [5, 5.41) is 10.3. The van der Waals surface area contributed by atoms with Gasteiger partial charge in [0.2, 0.25) is 0 Å². The topological polar surface area (TPSA) is 59.8 Å². The van der Waals surface area contributed by atoms with E-state index in [9.17, 15) is 4.79 Å². The second kappa shape index (κ2) is 6.73. The second-order valence-corrected chi connectivity index (χ2v) is 7.18. The van der Waals surface area contributed by atoms with Crippen molar-refractivity contribution >= 4 is 28.3 Å². The number of fused-ring (bicyclic) bond motifs is 1. The average Bonchev–Trinajstić information content (AvgIpc) is 3.22. The van der Waals surface area contributed by atoms with Crippen molar-refractivity contribution in [3.05, 3.63) is 35.3 Å². The summed E-state index contributed by atoms with van der Waals surface area (Å²) in [6.45, 7) is 8.95. The maximum atomic E-state index is 12.8. The lowest BCUT2D eigenvalue weighted by Crippen LogP contribution is -2.36. The lowest BCUT2D eigenvalue weighted by molar-refractivity contribution is 0.0932. The predicted molar refractivity (Wildman–Crippen MR) is 98.3 cm³/mol. The zero-order chi connectivity index (χ0) is 17.3. The molecule has 126 valence electrons. The van der Waals surface area contributed by atoms with Gasteiger partial charge in [-0.2, -0.15) is 5.10 Å². The van der Waals surface area contributed by atoms with E-state index in [4.69, 9.17) is 4.98 Å². The lowest BCUT2D eigenvalue weighted by Gasteiger charge is -2.18. The summed E-state index contributed by atoms with van der Waals surface area (Å²) in [4.78, 5) is 18.6. The minimum absolute atomic E-state index is 0.0722. The van der Waals surface area contributed by atoms with Crippen LogP contribution in [-0.2, 0) is 6.54 Å². The Labute approximate surface area is 145 Å². The summed E-state index contributed by atoms with van der Waals surface area (Å²) in [5.74, 6) is 0.304. The van der Waals surface area contributed by atoms with Gasteiger partial charge in [-0.15, -0.1) is 11.3 Å². The van der Waals surface area contributed by atoms with Crippen LogP contribution in [0.15, 0.2) is 29.8 Å². The summed E-state index contributed by atoms with van der Waals surface area (Å²) >= 11 is 1.62. The molecule has 1 amide bonds. The van der Waals surface area contributed by atoms with Gasteiger partial charge >= 0.3 is 0 Å². The van der Waals surface area contributed by atoms with Crippen LogP contribution in [0.1, 0.15) is 38.1 Å². The summed E-state index contributed by atoms with van der Waals surface area (Å²) in [6, 6.07) is 5.98. The van der Waals surface area contributed by atoms with Crippen LogP contribution < -0.4 is 5.32 Å². The third-order valence-corrected chi connectivity index (χ3v) is 5.18. The van der Waals surface area contributed by atoms with Gasteiger partial charge in [-0.05, 0) is 37.3 Å². The predicted octanol–water partition coefficient (Wildman–Crippen LogP) is 3.95. The van der Waals surface area contributed by atoms with Gasteiger partial charge < -0.3 is 5.32 Å². The molecule has 0 saturated heterocycles. The molecule has 0 saturated carbocycles. The highest BCUT2D eigenvalue weighted by atomic mass is 32.1. The third-order valence-electron chi connectivity index (χ3n) is 4.29. The van der Waals surface area contributed by atoms with Crippen LogP contribution >= 0.6 is 11.3 Å². The van der Waals surface area contributed by atoms with Gasteiger partial charge in [-0.1, -0.05) is 19.9 Å². The Morgan fingerprint density at radius 1 is 1.38 bits per heavy atom. The van der Waals surface area contributed by atoms with Gasteiger partial charge in [-0.25, -0.2) is 9.67 Å². The maximum absolute atomic E-state index is 12.8. The molecule has 0 bridgehead atoms. The average molecular weight is 342 g/mol. The highest BCUT2D eigenvalue weighted by Crippen LogP contribution is 2.28. The molecule has 1 N–H and O–H groups in total. The van der Waals surface area contributed by atoms with Gasteiger partial charge in [0.25, 0.3) is 5.91 Å². The van der Waals surface area contributed by atoms with Crippen molar-refractivity contribution in [3.63, 3.8) is 0 Å². The summed E-state index contributed by atoms with van der Waals surface area (Å²) < 4.78 is 1.83. The highest BCUT2D eigenvalue weighted by molar-refractivity contribution is 7.13. The molecule has 0 aliphatic heterocycles. The number of amides is 1. The van der Waals surface area contributed by atoms with Crippen LogP contribution in [-0.4, -0.2) is 26.7 Å². The number of hydrogen-bond donors (Lipinski definition) is 1. The number of nitrogens with one attached hydrogen (secondary N) is 1. The van der Waals surface area contributed by atoms with Crippen LogP contribution in [0.3, 0.4) is 0 Å². The first-order valence-corrected chi connectivity index (χ1v) is 9.10. The summed E-state index contributed by atoms with van der Waals surface area (Å²) in [7, 11) is 0. The molecular formula is C18H22N4OS. The standard InChI is InChI=1S/C18H22N4OS/c1-5-22-17-14(10-19-22)13(18(23)20-12(4)11(2)3)9-15(21-17)16-7-6-8-24-16/h6-12H,5H2,1-4H3,(H,20,23)/t12-/m0/s1. The molecule has 0 aromatic carbocycles. The SMILES string of the molecule is CCn1ncc2c(C(=O)N[C@@H](C)C(C)C)cc(-c3cccs3)nc21. The van der Waals surface area contributed by atoms with Crippen molar-refractivity contribution < 1.29 is 4.79 Å². The van der Waals surface area contributed by atoms with Crippen molar-refractivity contribution in [2.24, 2.45) is 5.92 Å². The Morgan fingerprint density at radius 3 is 2.79 bits per heavy atom. The lowest BCUT2D eigenvalue weighted by atomic mass is 10.0. The second-order valence-electron chi connectivity index (χ2n) is 6.24. The molecule has 0 radical (unpaired) electrons. The molecule has 3 aromatic rings. The van der Waals surface area contributed by atoms with Crippen LogP contribution in [0.2, 0.25) is 0 Å². The minimum Gasteiger partial charge on any atom is -0.349 e. The fourth-order valence-corrected chi connectivity index (χ4v) is 3.15. The molecule has 0 spiro atoms. The molecular weight excluding hydrogens is 320 g/mol. The molecule has 0 unspecified atom stereocenters. The van der Waals surface area contributed by atoms with Gasteiger partial charge in [-0.3, -0.25) is 4.79 Å². The Hall–Kier alpha value is -2.21. The molecule has 0 aliphatic rings. The van der Waals surface area contributed by atoms with Crippen LogP contribution in [0.25, 0.3) is 21.6 Å². The number of nitrogens with zero attached hydrogens (tertiary/aromatic N) is 3. The molecule has 5 nitrogen and oxygen atoms in total. The zero-order valence-electron chi connectivity index (χ0n) is 14.4. The molecule has 0 aliphatic carbocycles. The van der Waals surface area contributed by atoms with Gasteiger partial charge in [0.1, 0.15) is 0 Å². The number of thiophene rings is 1. The van der Waals surface area contributed by atoms with Crippen molar-refractivity contribution in [2.45, 2.75) is 40.3 Å². The first kappa shape index (κ1) is 16.6. The quantitative estimate of drug-likeness (QED) is 0.763. The van der Waals surface area contributed by atoms with Crippen molar-refractivity contribution in [1.82, 2.24) is 20.1 Å². The number of aryl methyl sites for hydroxylation is 1. The maximum Gasteiger partial charge on any atom is 0.252 e. The van der Waals surface area contributed by atoms with Gasteiger partial charge in [0.15, 0.2) is 5.65 Å². The molecule has 24 heavy (non-hydrogen) atoms. The van der Waals surface area contributed by atoms with E-state index in [1.54, 1.807) is 17.5 Å². The Balaban J connectivity index is 2.11. The fraction of sp³-hybridized carbons (Fsp3) is 0.389. The number of aromatic nitrogens is 3. The summed E-state index contributed by atoms with van der Waals surface area (Å²) in [6.07, 6.45) is 1.74. The van der Waals surface area contributed by atoms with Crippen LogP contribution in [0.5, 0.6) is 0 Å². The van der Waals surface area contributed by atoms with Crippen molar-refractivity contribution in [1.29, 1.82) is 0 Å². The van der Waals surface area contributed by atoms with E-state index in [1.807, 2.05) is 42.1 Å².